The van der Waals surface area contributed by atoms with E-state index in [2.05, 4.69) is 5.32 Å². The quantitative estimate of drug-likeness (QED) is 0.757. The molecule has 15 heavy (non-hydrogen) atoms. The molecule has 1 fully saturated rings. The van der Waals surface area contributed by atoms with Crippen molar-refractivity contribution < 1.29 is 13.2 Å². The highest BCUT2D eigenvalue weighted by molar-refractivity contribution is 7.92. The topological polar surface area (TPSA) is 55.4 Å². The normalized spacial score (nSPS) is 27.5. The van der Waals surface area contributed by atoms with Gasteiger partial charge in [-0.2, -0.15) is 0 Å². The fourth-order valence-corrected chi connectivity index (χ4v) is 4.28. The van der Waals surface area contributed by atoms with Gasteiger partial charge in [0.1, 0.15) is 0 Å². The summed E-state index contributed by atoms with van der Waals surface area (Å²) in [5.41, 5.74) is 0. The van der Waals surface area contributed by atoms with E-state index >= 15 is 0 Å². The van der Waals surface area contributed by atoms with Gasteiger partial charge in [0.15, 0.2) is 9.84 Å². The van der Waals surface area contributed by atoms with Crippen LogP contribution in [0.5, 0.6) is 0 Å². The van der Waals surface area contributed by atoms with Crippen LogP contribution >= 0.6 is 0 Å². The van der Waals surface area contributed by atoms with Gasteiger partial charge in [0, 0.05) is 13.2 Å². The fourth-order valence-electron chi connectivity index (χ4n) is 2.17. The Morgan fingerprint density at radius 2 is 2.20 bits per heavy atom. The predicted molar refractivity (Wildman–Crippen MR) is 60.8 cm³/mol. The van der Waals surface area contributed by atoms with Crippen molar-refractivity contribution in [2.45, 2.75) is 37.5 Å². The van der Waals surface area contributed by atoms with Crippen LogP contribution in [0.15, 0.2) is 0 Å². The molecule has 1 aliphatic rings. The maximum atomic E-state index is 11.9. The van der Waals surface area contributed by atoms with Crippen molar-refractivity contribution in [2.24, 2.45) is 0 Å². The van der Waals surface area contributed by atoms with Crippen LogP contribution in [0.3, 0.4) is 0 Å². The van der Waals surface area contributed by atoms with Crippen molar-refractivity contribution in [3.63, 3.8) is 0 Å². The summed E-state index contributed by atoms with van der Waals surface area (Å²) in [6.07, 6.45) is 2.59. The predicted octanol–water partition coefficient (Wildman–Crippen LogP) is 0.578. The second kappa shape index (κ2) is 5.82. The van der Waals surface area contributed by atoms with Crippen molar-refractivity contribution >= 4 is 9.84 Å². The fraction of sp³-hybridized carbons (Fsp3) is 1.00. The number of likely N-dealkylation sites (N-methyl/N-ethyl adjacent to an activating group) is 1. The standard InChI is InChI=1S/C10H21NO3S/c1-3-11-9(8-14-2)10-6-4-5-7-15(10,12)13/h9-11H,3-8H2,1-2H3. The number of sulfone groups is 1. The van der Waals surface area contributed by atoms with Crippen molar-refractivity contribution in [2.75, 3.05) is 26.0 Å². The SMILES string of the molecule is CCNC(COC)C1CCCCS1(=O)=O. The summed E-state index contributed by atoms with van der Waals surface area (Å²) >= 11 is 0. The maximum Gasteiger partial charge on any atom is 0.154 e. The zero-order valence-corrected chi connectivity index (χ0v) is 10.3. The van der Waals surface area contributed by atoms with Gasteiger partial charge in [0.05, 0.1) is 17.6 Å². The first kappa shape index (κ1) is 12.9. The first-order valence-corrected chi connectivity index (χ1v) is 7.27. The van der Waals surface area contributed by atoms with Crippen molar-refractivity contribution in [3.8, 4) is 0 Å². The lowest BCUT2D eigenvalue weighted by molar-refractivity contribution is 0.162. The Labute approximate surface area is 92.3 Å². The summed E-state index contributed by atoms with van der Waals surface area (Å²) in [7, 11) is -1.30. The summed E-state index contributed by atoms with van der Waals surface area (Å²) < 4.78 is 28.8. The number of hydrogen-bond donors (Lipinski definition) is 1. The molecule has 0 aliphatic carbocycles. The highest BCUT2D eigenvalue weighted by Gasteiger charge is 2.34. The van der Waals surface area contributed by atoms with Crippen LogP contribution in [0.1, 0.15) is 26.2 Å². The third kappa shape index (κ3) is 3.43. The molecule has 5 heteroatoms. The molecular formula is C10H21NO3S. The van der Waals surface area contributed by atoms with Gasteiger partial charge >= 0.3 is 0 Å². The third-order valence-corrected chi connectivity index (χ3v) is 5.23. The van der Waals surface area contributed by atoms with Crippen LogP contribution in [0.25, 0.3) is 0 Å². The minimum atomic E-state index is -2.91. The zero-order chi connectivity index (χ0) is 11.3. The van der Waals surface area contributed by atoms with E-state index in [1.165, 1.54) is 0 Å². The Morgan fingerprint density at radius 1 is 1.47 bits per heavy atom. The molecule has 0 radical (unpaired) electrons. The molecule has 0 aromatic heterocycles. The molecule has 0 bridgehead atoms. The third-order valence-electron chi connectivity index (χ3n) is 2.89. The minimum Gasteiger partial charge on any atom is -0.383 e. The lowest BCUT2D eigenvalue weighted by Gasteiger charge is -2.30. The van der Waals surface area contributed by atoms with Gasteiger partial charge in [-0.25, -0.2) is 8.42 Å². The largest absolute Gasteiger partial charge is 0.383 e. The summed E-state index contributed by atoms with van der Waals surface area (Å²) in [5.74, 6) is 0.337. The molecule has 0 saturated carbocycles. The average molecular weight is 235 g/mol. The van der Waals surface area contributed by atoms with Crippen LogP contribution in [-0.4, -0.2) is 45.7 Å². The number of nitrogens with one attached hydrogen (secondary N) is 1. The van der Waals surface area contributed by atoms with Gasteiger partial charge in [-0.15, -0.1) is 0 Å². The van der Waals surface area contributed by atoms with Crippen LogP contribution < -0.4 is 5.32 Å². The minimum absolute atomic E-state index is 0.0506. The first-order chi connectivity index (χ1) is 7.11. The Kier molecular flexibility index (Phi) is 5.02. The van der Waals surface area contributed by atoms with E-state index in [-0.39, 0.29) is 11.3 Å². The van der Waals surface area contributed by atoms with E-state index < -0.39 is 9.84 Å². The van der Waals surface area contributed by atoms with Gasteiger partial charge in [0.2, 0.25) is 0 Å². The smallest absolute Gasteiger partial charge is 0.154 e. The number of methoxy groups -OCH3 is 1. The van der Waals surface area contributed by atoms with Crippen LogP contribution in [-0.2, 0) is 14.6 Å². The van der Waals surface area contributed by atoms with Crippen LogP contribution in [0.2, 0.25) is 0 Å². The maximum absolute atomic E-state index is 11.9. The second-order valence-electron chi connectivity index (χ2n) is 4.02. The van der Waals surface area contributed by atoms with Gasteiger partial charge in [0.25, 0.3) is 0 Å². The van der Waals surface area contributed by atoms with Crippen molar-refractivity contribution in [3.05, 3.63) is 0 Å². The summed E-state index contributed by atoms with van der Waals surface area (Å²) in [6, 6.07) is -0.0506. The first-order valence-electron chi connectivity index (χ1n) is 5.55. The van der Waals surface area contributed by atoms with Crippen LogP contribution in [0, 0.1) is 0 Å². The lowest BCUT2D eigenvalue weighted by Crippen LogP contribution is -2.49. The molecule has 0 aromatic rings. The molecule has 2 unspecified atom stereocenters. The second-order valence-corrected chi connectivity index (χ2v) is 6.36. The Bertz CT molecular complexity index is 270. The van der Waals surface area contributed by atoms with E-state index in [1.807, 2.05) is 6.92 Å². The average Bonchev–Trinajstić information content (AvgIpc) is 2.17. The highest BCUT2D eigenvalue weighted by atomic mass is 32.2. The Hall–Kier alpha value is -0.130. The molecule has 90 valence electrons. The van der Waals surface area contributed by atoms with Crippen LogP contribution in [0.4, 0.5) is 0 Å². The van der Waals surface area contributed by atoms with E-state index in [0.717, 1.165) is 25.8 Å². The molecule has 0 amide bonds. The lowest BCUT2D eigenvalue weighted by atomic mass is 10.1. The van der Waals surface area contributed by atoms with Gasteiger partial charge in [-0.05, 0) is 19.4 Å². The number of ether oxygens (including phenoxy) is 1. The number of hydrogen-bond acceptors (Lipinski definition) is 4. The Morgan fingerprint density at radius 3 is 2.73 bits per heavy atom. The molecule has 1 N–H and O–H groups in total. The molecule has 0 spiro atoms. The number of rotatable bonds is 5. The van der Waals surface area contributed by atoms with Gasteiger partial charge in [-0.3, -0.25) is 0 Å². The summed E-state index contributed by atoms with van der Waals surface area (Å²) in [6.45, 7) is 3.23. The summed E-state index contributed by atoms with van der Waals surface area (Å²) in [4.78, 5) is 0. The van der Waals surface area contributed by atoms with E-state index in [9.17, 15) is 8.42 Å². The van der Waals surface area contributed by atoms with Crippen molar-refractivity contribution in [1.29, 1.82) is 0 Å². The molecule has 4 nitrogen and oxygen atoms in total. The zero-order valence-electron chi connectivity index (χ0n) is 9.53. The van der Waals surface area contributed by atoms with Crippen molar-refractivity contribution in [1.82, 2.24) is 5.32 Å². The summed E-state index contributed by atoms with van der Waals surface area (Å²) in [5, 5.41) is 2.95. The molecule has 1 heterocycles. The molecule has 1 rings (SSSR count). The van der Waals surface area contributed by atoms with E-state index in [1.54, 1.807) is 7.11 Å². The highest BCUT2D eigenvalue weighted by Crippen LogP contribution is 2.22. The molecule has 0 aromatic carbocycles. The van der Waals surface area contributed by atoms with Gasteiger partial charge in [-0.1, -0.05) is 13.3 Å². The molecular weight excluding hydrogens is 214 g/mol. The molecule has 2 atom stereocenters. The van der Waals surface area contributed by atoms with E-state index in [0.29, 0.717) is 12.4 Å². The monoisotopic (exact) mass is 235 g/mol. The van der Waals surface area contributed by atoms with E-state index in [4.69, 9.17) is 4.74 Å². The Balaban J connectivity index is 2.71. The molecule has 1 aliphatic heterocycles. The molecule has 1 saturated heterocycles. The van der Waals surface area contributed by atoms with Gasteiger partial charge < -0.3 is 10.1 Å².